The number of nitrogens with zero attached hydrogens (tertiary/aromatic N) is 1. The van der Waals surface area contributed by atoms with Crippen LogP contribution in [0, 0.1) is 0 Å². The van der Waals surface area contributed by atoms with Gasteiger partial charge in [-0.3, -0.25) is 14.4 Å². The number of carbonyl (C=O) groups is 3. The Morgan fingerprint density at radius 1 is 0.868 bits per heavy atom. The molecule has 1 aliphatic heterocycles. The molecule has 0 unspecified atom stereocenters. The second-order valence-corrected chi connectivity index (χ2v) is 9.37. The zero-order valence-corrected chi connectivity index (χ0v) is 20.8. The minimum Gasteiger partial charge on any atom is -0.339 e. The molecule has 0 aromatic heterocycles. The first-order chi connectivity index (χ1) is 18.1. The van der Waals surface area contributed by atoms with Gasteiger partial charge in [-0.25, -0.2) is 0 Å². The third-order valence-corrected chi connectivity index (χ3v) is 6.52. The molecule has 198 valence electrons. The molecule has 0 spiro atoms. The average molecular weight is 524 g/mol. The molecular weight excluding hydrogens is 495 g/mol. The van der Waals surface area contributed by atoms with E-state index in [-0.39, 0.29) is 30.1 Å². The van der Waals surface area contributed by atoms with Crippen molar-refractivity contribution >= 4 is 29.1 Å². The molecular formula is C29H28F3N3O3. The van der Waals surface area contributed by atoms with Crippen LogP contribution in [-0.4, -0.2) is 35.7 Å². The number of nitrogens with one attached hydrogen (secondary N) is 2. The molecule has 0 atom stereocenters. The molecule has 1 heterocycles. The maximum Gasteiger partial charge on any atom is 0.416 e. The molecule has 9 heteroatoms. The molecule has 0 bridgehead atoms. The predicted molar refractivity (Wildman–Crippen MR) is 139 cm³/mol. The van der Waals surface area contributed by atoms with Crippen molar-refractivity contribution in [1.82, 2.24) is 4.90 Å². The third kappa shape index (κ3) is 7.00. The number of halogens is 3. The topological polar surface area (TPSA) is 78.5 Å². The summed E-state index contributed by atoms with van der Waals surface area (Å²) < 4.78 is 38.1. The highest BCUT2D eigenvalue weighted by atomic mass is 19.4. The molecule has 0 aliphatic carbocycles. The van der Waals surface area contributed by atoms with E-state index in [0.29, 0.717) is 35.6 Å². The summed E-state index contributed by atoms with van der Waals surface area (Å²) in [5, 5.41) is 5.47. The number of likely N-dealkylation sites (tertiary alicyclic amines) is 1. The van der Waals surface area contributed by atoms with Crippen molar-refractivity contribution in [1.29, 1.82) is 0 Å². The van der Waals surface area contributed by atoms with E-state index in [2.05, 4.69) is 10.6 Å². The number of amides is 3. The SMILES string of the molecule is CC(=O)Nc1cccc(C(=O)N2CCC(c3ccc(NC(=O)Cc4ccc(C(F)(F)F)cc4)cc3)CC2)c1. The van der Waals surface area contributed by atoms with E-state index in [9.17, 15) is 27.6 Å². The van der Waals surface area contributed by atoms with Crippen LogP contribution in [0.15, 0.2) is 72.8 Å². The molecule has 1 fully saturated rings. The number of benzene rings is 3. The fraction of sp³-hybridized carbons (Fsp3) is 0.276. The zero-order valence-electron chi connectivity index (χ0n) is 20.8. The van der Waals surface area contributed by atoms with E-state index in [4.69, 9.17) is 0 Å². The van der Waals surface area contributed by atoms with E-state index >= 15 is 0 Å². The van der Waals surface area contributed by atoms with Gasteiger partial charge in [-0.05, 0) is 72.4 Å². The van der Waals surface area contributed by atoms with Gasteiger partial charge < -0.3 is 15.5 Å². The molecule has 1 aliphatic rings. The minimum atomic E-state index is -4.41. The van der Waals surface area contributed by atoms with Crippen LogP contribution in [0.2, 0.25) is 0 Å². The lowest BCUT2D eigenvalue weighted by molar-refractivity contribution is -0.137. The first-order valence-corrected chi connectivity index (χ1v) is 12.3. The van der Waals surface area contributed by atoms with E-state index in [1.165, 1.54) is 19.1 Å². The number of carbonyl (C=O) groups excluding carboxylic acids is 3. The Morgan fingerprint density at radius 3 is 2.13 bits per heavy atom. The van der Waals surface area contributed by atoms with E-state index in [1.807, 2.05) is 29.2 Å². The molecule has 3 aromatic rings. The van der Waals surface area contributed by atoms with Crippen LogP contribution < -0.4 is 10.6 Å². The summed E-state index contributed by atoms with van der Waals surface area (Å²) >= 11 is 0. The van der Waals surface area contributed by atoms with Crippen molar-refractivity contribution in [3.63, 3.8) is 0 Å². The number of hydrogen-bond donors (Lipinski definition) is 2. The van der Waals surface area contributed by atoms with Crippen molar-refractivity contribution in [2.45, 2.75) is 38.3 Å². The molecule has 2 N–H and O–H groups in total. The maximum atomic E-state index is 12.9. The van der Waals surface area contributed by atoms with Crippen LogP contribution in [0.5, 0.6) is 0 Å². The number of piperidine rings is 1. The molecule has 0 radical (unpaired) electrons. The quantitative estimate of drug-likeness (QED) is 0.425. The molecule has 0 saturated carbocycles. The van der Waals surface area contributed by atoms with Gasteiger partial charge in [0.1, 0.15) is 0 Å². The second kappa shape index (κ2) is 11.5. The van der Waals surface area contributed by atoms with Crippen molar-refractivity contribution in [3.8, 4) is 0 Å². The van der Waals surface area contributed by atoms with Gasteiger partial charge in [0.15, 0.2) is 0 Å². The molecule has 38 heavy (non-hydrogen) atoms. The highest BCUT2D eigenvalue weighted by Crippen LogP contribution is 2.31. The summed E-state index contributed by atoms with van der Waals surface area (Å²) in [7, 11) is 0. The van der Waals surface area contributed by atoms with Gasteiger partial charge in [0.05, 0.1) is 12.0 Å². The lowest BCUT2D eigenvalue weighted by atomic mass is 9.89. The Bertz CT molecular complexity index is 1300. The normalized spacial score (nSPS) is 14.2. The summed E-state index contributed by atoms with van der Waals surface area (Å²) in [6.07, 6.45) is -2.83. The van der Waals surface area contributed by atoms with Crippen molar-refractivity contribution < 1.29 is 27.6 Å². The van der Waals surface area contributed by atoms with Crippen molar-refractivity contribution in [3.05, 3.63) is 95.1 Å². The lowest BCUT2D eigenvalue weighted by Crippen LogP contribution is -2.37. The Labute approximate surface area is 218 Å². The number of alkyl halides is 3. The second-order valence-electron chi connectivity index (χ2n) is 9.37. The molecule has 3 amide bonds. The summed E-state index contributed by atoms with van der Waals surface area (Å²) in [6, 6.07) is 19.0. The Hall–Kier alpha value is -4.14. The van der Waals surface area contributed by atoms with Gasteiger partial charge in [-0.2, -0.15) is 13.2 Å². The molecule has 6 nitrogen and oxygen atoms in total. The summed E-state index contributed by atoms with van der Waals surface area (Å²) in [5.41, 5.74) is 2.59. The number of anilines is 2. The molecule has 4 rings (SSSR count). The summed E-state index contributed by atoms with van der Waals surface area (Å²) in [5.74, 6) is -0.296. The number of rotatable bonds is 6. The predicted octanol–water partition coefficient (Wildman–Crippen LogP) is 5.86. The third-order valence-electron chi connectivity index (χ3n) is 6.52. The van der Waals surface area contributed by atoms with Crippen LogP contribution in [-0.2, 0) is 22.2 Å². The van der Waals surface area contributed by atoms with E-state index in [1.54, 1.807) is 24.3 Å². The van der Waals surface area contributed by atoms with Crippen LogP contribution in [0.3, 0.4) is 0 Å². The van der Waals surface area contributed by atoms with Gasteiger partial charge in [0, 0.05) is 37.0 Å². The van der Waals surface area contributed by atoms with Crippen LogP contribution in [0.25, 0.3) is 0 Å². The maximum absolute atomic E-state index is 12.9. The highest BCUT2D eigenvalue weighted by molar-refractivity contribution is 5.97. The Morgan fingerprint density at radius 2 is 1.53 bits per heavy atom. The largest absolute Gasteiger partial charge is 0.416 e. The monoisotopic (exact) mass is 523 g/mol. The average Bonchev–Trinajstić information content (AvgIpc) is 2.88. The van der Waals surface area contributed by atoms with Gasteiger partial charge in [0.2, 0.25) is 11.8 Å². The van der Waals surface area contributed by atoms with Gasteiger partial charge in [-0.15, -0.1) is 0 Å². The van der Waals surface area contributed by atoms with Crippen molar-refractivity contribution in [2.24, 2.45) is 0 Å². The Kier molecular flexibility index (Phi) is 8.14. The fourth-order valence-corrected chi connectivity index (χ4v) is 4.57. The van der Waals surface area contributed by atoms with Gasteiger partial charge in [0.25, 0.3) is 5.91 Å². The first-order valence-electron chi connectivity index (χ1n) is 12.3. The van der Waals surface area contributed by atoms with Gasteiger partial charge in [-0.1, -0.05) is 30.3 Å². The van der Waals surface area contributed by atoms with Crippen molar-refractivity contribution in [2.75, 3.05) is 23.7 Å². The number of hydrogen-bond acceptors (Lipinski definition) is 3. The highest BCUT2D eigenvalue weighted by Gasteiger charge is 2.30. The first kappa shape index (κ1) is 26.9. The zero-order chi connectivity index (χ0) is 27.3. The standard InChI is InChI=1S/C29H28F3N3O3/c1-19(36)33-26-4-2-3-23(18-26)28(38)35-15-13-22(14-16-35)21-7-11-25(12-8-21)34-27(37)17-20-5-9-24(10-6-20)29(30,31)32/h2-12,18,22H,13-17H2,1H3,(H,33,36)(H,34,37). The molecule has 3 aromatic carbocycles. The van der Waals surface area contributed by atoms with E-state index in [0.717, 1.165) is 30.5 Å². The lowest BCUT2D eigenvalue weighted by Gasteiger charge is -2.32. The van der Waals surface area contributed by atoms with Gasteiger partial charge >= 0.3 is 6.18 Å². The minimum absolute atomic E-state index is 0.0277. The smallest absolute Gasteiger partial charge is 0.339 e. The van der Waals surface area contributed by atoms with Crippen LogP contribution in [0.1, 0.15) is 52.7 Å². The van der Waals surface area contributed by atoms with Crippen LogP contribution in [0.4, 0.5) is 24.5 Å². The molecule has 1 saturated heterocycles. The summed E-state index contributed by atoms with van der Waals surface area (Å²) in [6.45, 7) is 2.64. The van der Waals surface area contributed by atoms with E-state index < -0.39 is 11.7 Å². The Balaban J connectivity index is 1.28. The summed E-state index contributed by atoms with van der Waals surface area (Å²) in [4.78, 5) is 38.4. The fourth-order valence-electron chi connectivity index (χ4n) is 4.57. The van der Waals surface area contributed by atoms with Crippen LogP contribution >= 0.6 is 0 Å².